The van der Waals surface area contributed by atoms with Crippen molar-refractivity contribution >= 4 is 32.7 Å². The van der Waals surface area contributed by atoms with Crippen LogP contribution in [0.1, 0.15) is 0 Å². The number of aromatic nitrogens is 3. The second-order valence-corrected chi connectivity index (χ2v) is 11.6. The Bertz CT molecular complexity index is 2550. The van der Waals surface area contributed by atoms with Crippen LogP contribution in [0.15, 0.2) is 168 Å². The zero-order valence-corrected chi connectivity index (χ0v) is 25.3. The van der Waals surface area contributed by atoms with Crippen molar-refractivity contribution < 1.29 is 4.42 Å². The normalized spacial score (nSPS) is 11.4. The zero-order valence-electron chi connectivity index (χ0n) is 25.3. The molecule has 0 aliphatic heterocycles. The minimum absolute atomic E-state index is 0.570. The molecule has 220 valence electrons. The Balaban J connectivity index is 1.21. The number of furan rings is 1. The van der Waals surface area contributed by atoms with E-state index in [0.717, 1.165) is 55.1 Å². The fraction of sp³-hybridized carbons (Fsp3) is 0. The molecule has 4 nitrogen and oxygen atoms in total. The van der Waals surface area contributed by atoms with E-state index in [1.165, 1.54) is 16.5 Å². The average molecular weight is 602 g/mol. The van der Waals surface area contributed by atoms with Crippen molar-refractivity contribution in [2.75, 3.05) is 0 Å². The Morgan fingerprint density at radius 2 is 0.830 bits per heavy atom. The molecule has 2 aromatic heterocycles. The maximum Gasteiger partial charge on any atom is 0.167 e. The summed E-state index contributed by atoms with van der Waals surface area (Å²) in [5, 5.41) is 4.39. The van der Waals surface area contributed by atoms with E-state index in [-0.39, 0.29) is 0 Å². The average Bonchev–Trinajstić information content (AvgIpc) is 3.54. The molecular weight excluding hydrogens is 574 g/mol. The maximum atomic E-state index is 6.79. The second kappa shape index (κ2) is 11.2. The lowest BCUT2D eigenvalue weighted by Gasteiger charge is -2.09. The fourth-order valence-electron chi connectivity index (χ4n) is 6.37. The third kappa shape index (κ3) is 4.84. The molecule has 0 fully saturated rings. The van der Waals surface area contributed by atoms with Gasteiger partial charge in [-0.3, -0.25) is 0 Å². The van der Waals surface area contributed by atoms with Gasteiger partial charge in [0.15, 0.2) is 17.5 Å². The molecule has 2 heterocycles. The summed E-state index contributed by atoms with van der Waals surface area (Å²) in [4.78, 5) is 15.0. The Morgan fingerprint density at radius 3 is 1.55 bits per heavy atom. The Morgan fingerprint density at radius 1 is 0.319 bits per heavy atom. The van der Waals surface area contributed by atoms with Crippen LogP contribution in [0.3, 0.4) is 0 Å². The van der Waals surface area contributed by atoms with E-state index >= 15 is 0 Å². The van der Waals surface area contributed by atoms with Gasteiger partial charge in [-0.2, -0.15) is 0 Å². The van der Waals surface area contributed by atoms with Crippen molar-refractivity contribution in [3.8, 4) is 56.4 Å². The highest BCUT2D eigenvalue weighted by Gasteiger charge is 2.19. The van der Waals surface area contributed by atoms with Gasteiger partial charge in [0.1, 0.15) is 11.2 Å². The smallest absolute Gasteiger partial charge is 0.167 e. The van der Waals surface area contributed by atoms with E-state index < -0.39 is 0 Å². The van der Waals surface area contributed by atoms with E-state index in [9.17, 15) is 0 Å². The fourth-order valence-corrected chi connectivity index (χ4v) is 6.37. The van der Waals surface area contributed by atoms with Crippen LogP contribution >= 0.6 is 0 Å². The van der Waals surface area contributed by atoms with Gasteiger partial charge in [0, 0.05) is 27.5 Å². The molecule has 0 radical (unpaired) electrons. The quantitative estimate of drug-likeness (QED) is 0.197. The molecule has 0 unspecified atom stereocenters. The molecule has 0 atom stereocenters. The molecular formula is C43H27N3O. The lowest BCUT2D eigenvalue weighted by Crippen LogP contribution is -2.00. The highest BCUT2D eigenvalue weighted by atomic mass is 16.3. The number of benzene rings is 7. The van der Waals surface area contributed by atoms with E-state index in [0.29, 0.717) is 17.5 Å². The van der Waals surface area contributed by atoms with E-state index in [1.54, 1.807) is 0 Å². The molecule has 0 aliphatic carbocycles. The SMILES string of the molecule is c1ccc(-c2ccc(-c3cccc4c3oc3c(-c5nc(-c6ccccc6)nc(-c6ccc7ccccc7c6)n5)cccc34)cc2)cc1. The minimum atomic E-state index is 0.570. The summed E-state index contributed by atoms with van der Waals surface area (Å²) in [7, 11) is 0. The van der Waals surface area contributed by atoms with Gasteiger partial charge in [0.25, 0.3) is 0 Å². The number of hydrogen-bond acceptors (Lipinski definition) is 4. The van der Waals surface area contributed by atoms with E-state index in [4.69, 9.17) is 19.4 Å². The van der Waals surface area contributed by atoms with Crippen LogP contribution in [0.5, 0.6) is 0 Å². The van der Waals surface area contributed by atoms with Gasteiger partial charge in [-0.15, -0.1) is 0 Å². The molecule has 0 saturated carbocycles. The molecule has 9 aromatic rings. The largest absolute Gasteiger partial charge is 0.455 e. The summed E-state index contributed by atoms with van der Waals surface area (Å²) in [6, 6.07) is 56.4. The van der Waals surface area contributed by atoms with Gasteiger partial charge in [-0.05, 0) is 39.6 Å². The van der Waals surface area contributed by atoms with Crippen LogP contribution in [0, 0.1) is 0 Å². The molecule has 0 bridgehead atoms. The standard InChI is InChI=1S/C43H27N3O/c1-3-11-28(12-4-1)30-21-24-31(25-22-30)35-17-9-18-36-37-19-10-20-38(40(37)47-39(35)36)43-45-41(32-14-5-2-6-15-32)44-42(46-43)34-26-23-29-13-7-8-16-33(29)27-34/h1-27H. The molecule has 0 spiro atoms. The number of rotatable bonds is 5. The molecule has 0 N–H and O–H groups in total. The van der Waals surface area contributed by atoms with Gasteiger partial charge in [0.2, 0.25) is 0 Å². The zero-order chi connectivity index (χ0) is 31.2. The molecule has 0 saturated heterocycles. The first-order valence-corrected chi connectivity index (χ1v) is 15.7. The van der Waals surface area contributed by atoms with Crippen molar-refractivity contribution in [3.63, 3.8) is 0 Å². The first kappa shape index (κ1) is 27.0. The van der Waals surface area contributed by atoms with E-state index in [2.05, 4.69) is 121 Å². The molecule has 47 heavy (non-hydrogen) atoms. The minimum Gasteiger partial charge on any atom is -0.455 e. The highest BCUT2D eigenvalue weighted by molar-refractivity contribution is 6.12. The summed E-state index contributed by atoms with van der Waals surface area (Å²) in [6.07, 6.45) is 0. The second-order valence-electron chi connectivity index (χ2n) is 11.6. The molecule has 4 heteroatoms. The molecule has 7 aromatic carbocycles. The predicted octanol–water partition coefficient (Wildman–Crippen LogP) is 11.3. The number of fused-ring (bicyclic) bond motifs is 4. The van der Waals surface area contributed by atoms with Crippen molar-refractivity contribution in [2.24, 2.45) is 0 Å². The van der Waals surface area contributed by atoms with Gasteiger partial charge >= 0.3 is 0 Å². The number of hydrogen-bond donors (Lipinski definition) is 0. The van der Waals surface area contributed by atoms with Crippen LogP contribution in [-0.4, -0.2) is 15.0 Å². The molecule has 0 aliphatic rings. The summed E-state index contributed by atoms with van der Waals surface area (Å²) < 4.78 is 6.79. The lowest BCUT2D eigenvalue weighted by molar-refractivity contribution is 0.670. The topological polar surface area (TPSA) is 51.8 Å². The van der Waals surface area contributed by atoms with Crippen LogP contribution in [0.2, 0.25) is 0 Å². The Hall–Kier alpha value is -6.39. The third-order valence-electron chi connectivity index (χ3n) is 8.74. The van der Waals surface area contributed by atoms with Crippen molar-refractivity contribution in [1.82, 2.24) is 15.0 Å². The summed E-state index contributed by atoms with van der Waals surface area (Å²) in [6.45, 7) is 0. The lowest BCUT2D eigenvalue weighted by atomic mass is 9.99. The van der Waals surface area contributed by atoms with Crippen LogP contribution < -0.4 is 0 Å². The molecule has 9 rings (SSSR count). The summed E-state index contributed by atoms with van der Waals surface area (Å²) in [5.41, 5.74) is 8.80. The van der Waals surface area contributed by atoms with E-state index in [1.807, 2.05) is 42.5 Å². The maximum absolute atomic E-state index is 6.79. The predicted molar refractivity (Wildman–Crippen MR) is 192 cm³/mol. The first-order chi connectivity index (χ1) is 23.3. The highest BCUT2D eigenvalue weighted by Crippen LogP contribution is 2.40. The van der Waals surface area contributed by atoms with Gasteiger partial charge < -0.3 is 4.42 Å². The van der Waals surface area contributed by atoms with Gasteiger partial charge in [-0.25, -0.2) is 15.0 Å². The molecule has 0 amide bonds. The Labute approximate surface area is 271 Å². The van der Waals surface area contributed by atoms with Crippen LogP contribution in [0.25, 0.3) is 89.1 Å². The first-order valence-electron chi connectivity index (χ1n) is 15.7. The monoisotopic (exact) mass is 601 g/mol. The van der Waals surface area contributed by atoms with Gasteiger partial charge in [-0.1, -0.05) is 152 Å². The third-order valence-corrected chi connectivity index (χ3v) is 8.74. The van der Waals surface area contributed by atoms with Crippen molar-refractivity contribution in [1.29, 1.82) is 0 Å². The van der Waals surface area contributed by atoms with Crippen molar-refractivity contribution in [2.45, 2.75) is 0 Å². The summed E-state index contributed by atoms with van der Waals surface area (Å²) in [5.74, 6) is 1.80. The van der Waals surface area contributed by atoms with Gasteiger partial charge in [0.05, 0.1) is 5.56 Å². The van der Waals surface area contributed by atoms with Crippen molar-refractivity contribution in [3.05, 3.63) is 164 Å². The summed E-state index contributed by atoms with van der Waals surface area (Å²) >= 11 is 0. The van der Waals surface area contributed by atoms with Crippen LogP contribution in [0.4, 0.5) is 0 Å². The number of para-hydroxylation sites is 2. The van der Waals surface area contributed by atoms with Crippen LogP contribution in [-0.2, 0) is 0 Å². The Kier molecular flexibility index (Phi) is 6.43. The number of nitrogens with zero attached hydrogens (tertiary/aromatic N) is 3.